The SMILES string of the molecule is CC(=O)N[C@H](C(=O)N[C@@H](CCC(=O)O)C(=O)N[C@@H](CO)C(=O)N[C@@H](Cc1cnc[nH]1)C(=O)N[C@@H](Cc1cnc[nH]1)C(=O)N[C@@H](CCCCN)C(N)=O)[C@@H](C)O. The van der Waals surface area contributed by atoms with Gasteiger partial charge in [0, 0.05) is 50.0 Å². The summed E-state index contributed by atoms with van der Waals surface area (Å²) < 4.78 is 0. The van der Waals surface area contributed by atoms with Crippen LogP contribution in [0.3, 0.4) is 0 Å². The highest BCUT2D eigenvalue weighted by Gasteiger charge is 2.34. The van der Waals surface area contributed by atoms with Gasteiger partial charge in [0.15, 0.2) is 0 Å². The molecule has 0 aromatic carbocycles. The normalized spacial score (nSPS) is 14.8. The van der Waals surface area contributed by atoms with Crippen LogP contribution in [-0.4, -0.2) is 138 Å². The molecule has 15 N–H and O–H groups in total. The van der Waals surface area contributed by atoms with Crippen molar-refractivity contribution in [3.05, 3.63) is 36.4 Å². The summed E-state index contributed by atoms with van der Waals surface area (Å²) >= 11 is 0. The summed E-state index contributed by atoms with van der Waals surface area (Å²) in [4.78, 5) is 115. The van der Waals surface area contributed by atoms with Gasteiger partial charge in [0.05, 0.1) is 25.4 Å². The molecule has 0 fully saturated rings. The minimum atomic E-state index is -1.76. The number of nitrogens with one attached hydrogen (secondary N) is 8. The second-order valence-electron chi connectivity index (χ2n) is 12.6. The lowest BCUT2D eigenvalue weighted by molar-refractivity contribution is -0.139. The number of carbonyl (C=O) groups is 8. The third-order valence-corrected chi connectivity index (χ3v) is 8.05. The van der Waals surface area contributed by atoms with Gasteiger partial charge in [0.2, 0.25) is 41.4 Å². The Morgan fingerprint density at radius 1 is 0.709 bits per heavy atom. The van der Waals surface area contributed by atoms with E-state index in [0.29, 0.717) is 30.8 Å². The highest BCUT2D eigenvalue weighted by molar-refractivity contribution is 5.97. The maximum Gasteiger partial charge on any atom is 0.303 e. The van der Waals surface area contributed by atoms with Crippen LogP contribution in [-0.2, 0) is 51.2 Å². The Labute approximate surface area is 314 Å². The molecule has 0 aliphatic heterocycles. The number of carboxylic acid groups (broad SMARTS) is 1. The number of nitrogens with two attached hydrogens (primary N) is 2. The summed E-state index contributed by atoms with van der Waals surface area (Å²) in [6.07, 6.45) is 3.77. The van der Waals surface area contributed by atoms with Crippen molar-refractivity contribution in [2.45, 2.75) is 101 Å². The van der Waals surface area contributed by atoms with Crippen LogP contribution in [0.4, 0.5) is 0 Å². The number of nitrogens with zero attached hydrogens (tertiary/aromatic N) is 2. The first-order valence-electron chi connectivity index (χ1n) is 17.3. The summed E-state index contributed by atoms with van der Waals surface area (Å²) in [5, 5.41) is 43.5. The van der Waals surface area contributed by atoms with E-state index < -0.39 is 109 Å². The van der Waals surface area contributed by atoms with Gasteiger partial charge in [-0.05, 0) is 39.2 Å². The van der Waals surface area contributed by atoms with Gasteiger partial charge >= 0.3 is 5.97 Å². The topological polar surface area (TPSA) is 379 Å². The molecule has 0 bridgehead atoms. The molecule has 7 amide bonds. The zero-order chi connectivity index (χ0) is 41.1. The highest BCUT2D eigenvalue weighted by Crippen LogP contribution is 2.07. The van der Waals surface area contributed by atoms with Gasteiger partial charge in [-0.1, -0.05) is 0 Å². The van der Waals surface area contributed by atoms with Crippen molar-refractivity contribution in [2.75, 3.05) is 13.2 Å². The monoisotopic (exact) mass is 778 g/mol. The van der Waals surface area contributed by atoms with Gasteiger partial charge in [-0.15, -0.1) is 0 Å². The Bertz CT molecular complexity index is 1590. The molecule has 0 aliphatic carbocycles. The lowest BCUT2D eigenvalue weighted by atomic mass is 10.1. The van der Waals surface area contributed by atoms with Crippen molar-refractivity contribution < 1.29 is 53.7 Å². The lowest BCUT2D eigenvalue weighted by Gasteiger charge is -2.27. The molecule has 23 nitrogen and oxygen atoms in total. The van der Waals surface area contributed by atoms with E-state index in [1.54, 1.807) is 0 Å². The number of amides is 7. The van der Waals surface area contributed by atoms with Crippen LogP contribution in [0.2, 0.25) is 0 Å². The van der Waals surface area contributed by atoms with Crippen LogP contribution in [0.25, 0.3) is 0 Å². The van der Waals surface area contributed by atoms with E-state index in [1.165, 1.54) is 32.0 Å². The maximum atomic E-state index is 13.8. The first kappa shape index (κ1) is 45.2. The number of imidazole rings is 2. The van der Waals surface area contributed by atoms with Gasteiger partial charge < -0.3 is 68.7 Å². The van der Waals surface area contributed by atoms with Gasteiger partial charge in [0.1, 0.15) is 36.3 Å². The zero-order valence-electron chi connectivity index (χ0n) is 30.4. The van der Waals surface area contributed by atoms with E-state index in [-0.39, 0.29) is 19.3 Å². The molecule has 2 aromatic heterocycles. The third kappa shape index (κ3) is 15.9. The predicted molar refractivity (Wildman–Crippen MR) is 190 cm³/mol. The molecule has 0 unspecified atom stereocenters. The highest BCUT2D eigenvalue weighted by atomic mass is 16.4. The van der Waals surface area contributed by atoms with Gasteiger partial charge in [-0.2, -0.15) is 0 Å². The molecule has 2 heterocycles. The number of aromatic amines is 2. The van der Waals surface area contributed by atoms with Crippen molar-refractivity contribution >= 4 is 47.3 Å². The average Bonchev–Trinajstić information content (AvgIpc) is 3.84. The smallest absolute Gasteiger partial charge is 0.303 e. The van der Waals surface area contributed by atoms with E-state index in [2.05, 4.69) is 51.8 Å². The molecular weight excluding hydrogens is 728 g/mol. The number of hydrogen-bond acceptors (Lipinski definition) is 13. The van der Waals surface area contributed by atoms with E-state index >= 15 is 0 Å². The molecule has 23 heteroatoms. The Morgan fingerprint density at radius 3 is 1.60 bits per heavy atom. The van der Waals surface area contributed by atoms with Crippen LogP contribution >= 0.6 is 0 Å². The number of hydrogen-bond donors (Lipinski definition) is 13. The van der Waals surface area contributed by atoms with Crippen molar-refractivity contribution in [1.82, 2.24) is 51.8 Å². The molecule has 2 aromatic rings. The molecule has 0 radical (unpaired) electrons. The molecule has 0 saturated carbocycles. The van der Waals surface area contributed by atoms with Crippen molar-refractivity contribution in [1.29, 1.82) is 0 Å². The van der Waals surface area contributed by atoms with E-state index in [0.717, 1.165) is 6.92 Å². The number of carboxylic acids is 1. The van der Waals surface area contributed by atoms with Gasteiger partial charge in [-0.25, -0.2) is 9.97 Å². The van der Waals surface area contributed by atoms with Crippen LogP contribution in [0.5, 0.6) is 0 Å². The van der Waals surface area contributed by atoms with Crippen molar-refractivity contribution in [3.8, 4) is 0 Å². The second-order valence-corrected chi connectivity index (χ2v) is 12.6. The number of primary amides is 1. The van der Waals surface area contributed by atoms with Crippen molar-refractivity contribution in [3.63, 3.8) is 0 Å². The van der Waals surface area contributed by atoms with Crippen LogP contribution < -0.4 is 43.4 Å². The number of aliphatic carboxylic acids is 1. The van der Waals surface area contributed by atoms with E-state index in [4.69, 9.17) is 11.5 Å². The first-order chi connectivity index (χ1) is 26.1. The lowest BCUT2D eigenvalue weighted by Crippen LogP contribution is -2.61. The summed E-state index contributed by atoms with van der Waals surface area (Å²) in [5.74, 6) is -7.75. The van der Waals surface area contributed by atoms with Crippen molar-refractivity contribution in [2.24, 2.45) is 11.5 Å². The largest absolute Gasteiger partial charge is 0.481 e. The third-order valence-electron chi connectivity index (χ3n) is 8.05. The summed E-state index contributed by atoms with van der Waals surface area (Å²) in [5.41, 5.74) is 11.8. The molecular formula is C32H50N12O11. The molecule has 0 saturated heterocycles. The van der Waals surface area contributed by atoms with Crippen LogP contribution in [0, 0.1) is 0 Å². The minimum Gasteiger partial charge on any atom is -0.481 e. The summed E-state index contributed by atoms with van der Waals surface area (Å²) in [7, 11) is 0. The van der Waals surface area contributed by atoms with Gasteiger partial charge in [0.25, 0.3) is 0 Å². The standard InChI is InChI=1S/C32H50N12O11/c1-16(46)26(39-17(2)47)32(55)41-21(6-7-25(48)49)28(51)44-24(13-45)31(54)43-23(10-19-12-36-15-38-19)30(53)42-22(9-18-11-35-14-37-18)29(52)40-20(27(34)50)5-3-4-8-33/h11-12,14-16,20-24,26,45-46H,3-10,13,33H2,1-2H3,(H2,34,50)(H,35,37)(H,36,38)(H,39,47)(H,40,52)(H,41,55)(H,42,53)(H,43,54)(H,44,51)(H,48,49)/t16-,20+,21+,22+,23+,24+,26+/m1/s1. The van der Waals surface area contributed by atoms with E-state index in [1.807, 2.05) is 0 Å². The Hall–Kier alpha value is -5.94. The predicted octanol–water partition coefficient (Wildman–Crippen LogP) is -5.30. The Kier molecular flexibility index (Phi) is 18.9. The quantitative estimate of drug-likeness (QED) is 0.0419. The van der Waals surface area contributed by atoms with E-state index in [9.17, 15) is 53.7 Å². The van der Waals surface area contributed by atoms with Crippen LogP contribution in [0.1, 0.15) is 57.3 Å². The molecule has 7 atom stereocenters. The molecule has 0 spiro atoms. The maximum absolute atomic E-state index is 13.8. The summed E-state index contributed by atoms with van der Waals surface area (Å²) in [6.45, 7) is 1.61. The fraction of sp³-hybridized carbons (Fsp3) is 0.562. The second kappa shape index (κ2) is 23.0. The Balaban J connectivity index is 2.31. The molecule has 0 aliphatic rings. The molecule has 304 valence electrons. The fourth-order valence-electron chi connectivity index (χ4n) is 5.14. The number of rotatable bonds is 25. The number of aliphatic hydroxyl groups excluding tert-OH is 2. The van der Waals surface area contributed by atoms with Gasteiger partial charge in [-0.3, -0.25) is 38.4 Å². The number of H-pyrrole nitrogens is 2. The Morgan fingerprint density at radius 2 is 1.18 bits per heavy atom. The first-order valence-corrected chi connectivity index (χ1v) is 17.3. The number of carbonyl (C=O) groups excluding carboxylic acids is 7. The number of unbranched alkanes of at least 4 members (excludes halogenated alkanes) is 1. The zero-order valence-corrected chi connectivity index (χ0v) is 30.4. The molecule has 2 rings (SSSR count). The number of aromatic nitrogens is 4. The molecule has 55 heavy (non-hydrogen) atoms. The average molecular weight is 779 g/mol. The number of aliphatic hydroxyl groups is 2. The van der Waals surface area contributed by atoms with Crippen LogP contribution in [0.15, 0.2) is 25.0 Å². The fourth-order valence-corrected chi connectivity index (χ4v) is 5.14. The minimum absolute atomic E-state index is 0.132. The summed E-state index contributed by atoms with van der Waals surface area (Å²) in [6, 6.07) is -8.79.